The van der Waals surface area contributed by atoms with Crippen LogP contribution in [0.2, 0.25) is 0 Å². The van der Waals surface area contributed by atoms with Gasteiger partial charge >= 0.3 is 0 Å². The molecule has 0 amide bonds. The molecule has 1 fully saturated rings. The molecule has 0 radical (unpaired) electrons. The fraction of sp³-hybridized carbons (Fsp3) is 0.583. The smallest absolute Gasteiger partial charge is 0.0970 e. The zero-order valence-electron chi connectivity index (χ0n) is 8.83. The Hall–Kier alpha value is -0.670. The van der Waals surface area contributed by atoms with E-state index in [1.165, 1.54) is 40.6 Å². The number of nitrogens with zero attached hydrogens (tertiary/aromatic N) is 1. The molecule has 1 aliphatic carbocycles. The van der Waals surface area contributed by atoms with E-state index in [0.29, 0.717) is 5.92 Å². The van der Waals surface area contributed by atoms with Crippen LogP contribution in [-0.2, 0) is 0 Å². The number of aromatic nitrogens is 1. The molecule has 2 nitrogen and oxygen atoms in total. The van der Waals surface area contributed by atoms with Gasteiger partial charge in [-0.05, 0) is 38.8 Å². The number of hydrogen-bond acceptors (Lipinski definition) is 3. The van der Waals surface area contributed by atoms with E-state index in [4.69, 9.17) is 4.98 Å². The van der Waals surface area contributed by atoms with Gasteiger partial charge in [0.2, 0.25) is 0 Å². The summed E-state index contributed by atoms with van der Waals surface area (Å²) in [6.45, 7) is 2.31. The Labute approximate surface area is 93.7 Å². The number of thiazole rings is 1. The van der Waals surface area contributed by atoms with Crippen molar-refractivity contribution in [2.45, 2.75) is 31.6 Å². The van der Waals surface area contributed by atoms with Crippen LogP contribution in [0.5, 0.6) is 0 Å². The van der Waals surface area contributed by atoms with Crippen molar-refractivity contribution in [1.29, 1.82) is 0 Å². The molecule has 0 atom stereocenters. The van der Waals surface area contributed by atoms with E-state index in [2.05, 4.69) is 17.5 Å². The van der Waals surface area contributed by atoms with Gasteiger partial charge in [-0.2, -0.15) is 0 Å². The highest BCUT2D eigenvalue weighted by molar-refractivity contribution is 7.09. The monoisotopic (exact) mass is 220 g/mol. The Bertz CT molecular complexity index is 421. The third kappa shape index (κ3) is 1.86. The molecule has 2 heterocycles. The largest absolute Gasteiger partial charge is 0.317 e. The van der Waals surface area contributed by atoms with Gasteiger partial charge < -0.3 is 5.32 Å². The molecule has 0 bridgehead atoms. The summed E-state index contributed by atoms with van der Waals surface area (Å²) in [5.74, 6) is 0.712. The van der Waals surface area contributed by atoms with Crippen LogP contribution in [0.4, 0.5) is 0 Å². The average molecular weight is 220 g/mol. The summed E-state index contributed by atoms with van der Waals surface area (Å²) in [6, 6.07) is 0. The molecule has 1 saturated heterocycles. The van der Waals surface area contributed by atoms with E-state index in [1.54, 1.807) is 0 Å². The molecule has 0 aromatic carbocycles. The molecule has 0 saturated carbocycles. The van der Waals surface area contributed by atoms with Crippen molar-refractivity contribution in [2.75, 3.05) is 13.1 Å². The van der Waals surface area contributed by atoms with Gasteiger partial charge in [-0.25, -0.2) is 4.98 Å². The summed E-state index contributed by atoms with van der Waals surface area (Å²) in [6.07, 6.45) is 9.51. The lowest BCUT2D eigenvalue weighted by Crippen LogP contribution is -2.27. The highest BCUT2D eigenvalue weighted by atomic mass is 32.1. The first kappa shape index (κ1) is 9.55. The Morgan fingerprint density at radius 3 is 2.80 bits per heavy atom. The summed E-state index contributed by atoms with van der Waals surface area (Å²) in [5.41, 5.74) is 0. The van der Waals surface area contributed by atoms with Gasteiger partial charge in [0.15, 0.2) is 0 Å². The predicted molar refractivity (Wildman–Crippen MR) is 64.4 cm³/mol. The van der Waals surface area contributed by atoms with E-state index in [-0.39, 0.29) is 0 Å². The van der Waals surface area contributed by atoms with Gasteiger partial charge in [-0.1, -0.05) is 12.2 Å². The molecule has 1 N–H and O–H groups in total. The molecule has 80 valence electrons. The normalized spacial score (nSPS) is 21.6. The highest BCUT2D eigenvalue weighted by Crippen LogP contribution is 2.24. The summed E-state index contributed by atoms with van der Waals surface area (Å²) in [5, 5.41) is 6.03. The van der Waals surface area contributed by atoms with Gasteiger partial charge in [-0.15, -0.1) is 11.3 Å². The van der Waals surface area contributed by atoms with Gasteiger partial charge in [-0.3, -0.25) is 0 Å². The van der Waals surface area contributed by atoms with Crippen LogP contribution in [0.1, 0.15) is 36.6 Å². The van der Waals surface area contributed by atoms with Crippen LogP contribution in [0.15, 0.2) is 0 Å². The first-order valence-corrected chi connectivity index (χ1v) is 6.63. The lowest BCUT2D eigenvalue weighted by Gasteiger charge is -2.20. The number of rotatable bonds is 1. The summed E-state index contributed by atoms with van der Waals surface area (Å²) in [7, 11) is 0. The van der Waals surface area contributed by atoms with Crippen molar-refractivity contribution in [3.8, 4) is 0 Å². The minimum absolute atomic E-state index is 0.712. The standard InChI is InChI=1S/C12H16N2S/c1-2-4-11-10(3-1)14-12(15-11)9-5-7-13-8-6-9/h3-4,9,13H,1-2,5-8H2. The van der Waals surface area contributed by atoms with Crippen LogP contribution < -0.4 is 15.2 Å². The number of nitrogens with one attached hydrogen (secondary N) is 1. The van der Waals surface area contributed by atoms with Gasteiger partial charge in [0.05, 0.1) is 14.9 Å². The van der Waals surface area contributed by atoms with E-state index >= 15 is 0 Å². The maximum absolute atomic E-state index is 4.78. The van der Waals surface area contributed by atoms with Crippen LogP contribution in [0, 0.1) is 0 Å². The number of piperidine rings is 1. The molecule has 0 spiro atoms. The zero-order valence-corrected chi connectivity index (χ0v) is 9.65. The molecule has 15 heavy (non-hydrogen) atoms. The third-order valence-electron chi connectivity index (χ3n) is 3.22. The number of hydrogen-bond donors (Lipinski definition) is 1. The minimum Gasteiger partial charge on any atom is -0.317 e. The van der Waals surface area contributed by atoms with Gasteiger partial charge in [0.1, 0.15) is 0 Å². The first-order chi connectivity index (χ1) is 7.43. The molecule has 3 rings (SSSR count). The maximum Gasteiger partial charge on any atom is 0.0970 e. The van der Waals surface area contributed by atoms with E-state index in [1.807, 2.05) is 11.3 Å². The molecular formula is C12H16N2S. The molecule has 1 aromatic rings. The van der Waals surface area contributed by atoms with Crippen LogP contribution in [-0.4, -0.2) is 18.1 Å². The van der Waals surface area contributed by atoms with Crippen molar-refractivity contribution >= 4 is 23.5 Å². The lowest BCUT2D eigenvalue weighted by molar-refractivity contribution is 0.459. The molecule has 2 aliphatic rings. The molecule has 3 heteroatoms. The molecule has 0 unspecified atom stereocenters. The van der Waals surface area contributed by atoms with Crippen molar-refractivity contribution in [3.63, 3.8) is 0 Å². The van der Waals surface area contributed by atoms with Crippen LogP contribution in [0.3, 0.4) is 0 Å². The van der Waals surface area contributed by atoms with Gasteiger partial charge in [0.25, 0.3) is 0 Å². The van der Waals surface area contributed by atoms with Gasteiger partial charge in [0, 0.05) is 5.92 Å². The zero-order chi connectivity index (χ0) is 10.1. The Morgan fingerprint density at radius 1 is 1.20 bits per heavy atom. The lowest BCUT2D eigenvalue weighted by atomic mass is 9.99. The van der Waals surface area contributed by atoms with E-state index < -0.39 is 0 Å². The van der Waals surface area contributed by atoms with Crippen LogP contribution in [0.25, 0.3) is 12.2 Å². The topological polar surface area (TPSA) is 24.9 Å². The van der Waals surface area contributed by atoms with Crippen molar-refractivity contribution < 1.29 is 0 Å². The molecular weight excluding hydrogens is 204 g/mol. The fourth-order valence-corrected chi connectivity index (χ4v) is 3.54. The van der Waals surface area contributed by atoms with Crippen LogP contribution >= 0.6 is 11.3 Å². The second-order valence-corrected chi connectivity index (χ2v) is 5.37. The van der Waals surface area contributed by atoms with Crippen molar-refractivity contribution in [3.05, 3.63) is 14.9 Å². The van der Waals surface area contributed by atoms with E-state index in [0.717, 1.165) is 13.1 Å². The molecule has 1 aromatic heterocycles. The Balaban J connectivity index is 1.95. The fourth-order valence-electron chi connectivity index (χ4n) is 2.33. The van der Waals surface area contributed by atoms with E-state index in [9.17, 15) is 0 Å². The van der Waals surface area contributed by atoms with Crippen molar-refractivity contribution in [1.82, 2.24) is 10.3 Å². The minimum atomic E-state index is 0.712. The highest BCUT2D eigenvalue weighted by Gasteiger charge is 2.18. The first-order valence-electron chi connectivity index (χ1n) is 5.81. The quantitative estimate of drug-likeness (QED) is 0.762. The van der Waals surface area contributed by atoms with Crippen molar-refractivity contribution in [2.24, 2.45) is 0 Å². The number of fused-ring (bicyclic) bond motifs is 1. The summed E-state index contributed by atoms with van der Waals surface area (Å²) in [4.78, 5) is 4.78. The third-order valence-corrected chi connectivity index (χ3v) is 4.45. The summed E-state index contributed by atoms with van der Waals surface area (Å²) >= 11 is 1.92. The second kappa shape index (κ2) is 4.06. The second-order valence-electron chi connectivity index (χ2n) is 4.31. The maximum atomic E-state index is 4.78. The Morgan fingerprint density at radius 2 is 2.00 bits per heavy atom. The molecule has 1 aliphatic heterocycles. The SMILES string of the molecule is C1=c2nc(C3CCNCC3)sc2=CCC1. The summed E-state index contributed by atoms with van der Waals surface area (Å²) < 4.78 is 1.41. The Kier molecular flexibility index (Phi) is 2.59. The average Bonchev–Trinajstić information content (AvgIpc) is 2.74. The predicted octanol–water partition coefficient (Wildman–Crippen LogP) is 0.965.